The molecular formula is C24H25ClN4O2. The van der Waals surface area contributed by atoms with Crippen molar-refractivity contribution in [3.63, 3.8) is 0 Å². The van der Waals surface area contributed by atoms with Gasteiger partial charge in [0.2, 0.25) is 0 Å². The Morgan fingerprint density at radius 1 is 1.16 bits per heavy atom. The van der Waals surface area contributed by atoms with Gasteiger partial charge in [-0.05, 0) is 69.6 Å². The molecule has 0 radical (unpaired) electrons. The summed E-state index contributed by atoms with van der Waals surface area (Å²) < 4.78 is 1.86. The number of anilines is 1. The van der Waals surface area contributed by atoms with Crippen molar-refractivity contribution < 1.29 is 9.59 Å². The zero-order valence-electron chi connectivity index (χ0n) is 17.6. The van der Waals surface area contributed by atoms with Crippen LogP contribution in [0.2, 0.25) is 5.02 Å². The molecule has 1 aliphatic heterocycles. The minimum Gasteiger partial charge on any atom is -0.322 e. The molecule has 0 atom stereocenters. The van der Waals surface area contributed by atoms with Crippen molar-refractivity contribution in [2.75, 3.05) is 18.4 Å². The molecule has 1 amide bonds. The molecule has 31 heavy (non-hydrogen) atoms. The van der Waals surface area contributed by atoms with Gasteiger partial charge in [0.15, 0.2) is 5.78 Å². The van der Waals surface area contributed by atoms with E-state index in [1.165, 1.54) is 6.92 Å². The molecule has 2 heterocycles. The number of amides is 1. The van der Waals surface area contributed by atoms with Gasteiger partial charge in [-0.3, -0.25) is 9.59 Å². The van der Waals surface area contributed by atoms with Gasteiger partial charge in [0.25, 0.3) is 5.91 Å². The van der Waals surface area contributed by atoms with Crippen LogP contribution < -0.4 is 10.6 Å². The lowest BCUT2D eigenvalue weighted by Crippen LogP contribution is -2.29. The van der Waals surface area contributed by atoms with E-state index in [4.69, 9.17) is 11.6 Å². The summed E-state index contributed by atoms with van der Waals surface area (Å²) in [4.78, 5) is 25.0. The molecule has 7 heteroatoms. The summed E-state index contributed by atoms with van der Waals surface area (Å²) in [7, 11) is 0. The van der Waals surface area contributed by atoms with Crippen LogP contribution in [-0.4, -0.2) is 34.6 Å². The van der Waals surface area contributed by atoms with E-state index in [0.717, 1.165) is 42.9 Å². The number of carbonyl (C=O) groups is 2. The molecule has 1 aliphatic rings. The lowest BCUT2D eigenvalue weighted by molar-refractivity contribution is 0.101. The Kier molecular flexibility index (Phi) is 6.20. The van der Waals surface area contributed by atoms with Gasteiger partial charge >= 0.3 is 0 Å². The number of carbonyl (C=O) groups excluding carboxylic acids is 2. The molecule has 3 aromatic rings. The van der Waals surface area contributed by atoms with Crippen LogP contribution in [-0.2, 0) is 0 Å². The lowest BCUT2D eigenvalue weighted by atomic mass is 9.91. The summed E-state index contributed by atoms with van der Waals surface area (Å²) in [5, 5.41) is 11.6. The Morgan fingerprint density at radius 3 is 2.65 bits per heavy atom. The van der Waals surface area contributed by atoms with Gasteiger partial charge in [-0.15, -0.1) is 0 Å². The second-order valence-electron chi connectivity index (χ2n) is 7.85. The number of benzene rings is 2. The molecule has 1 saturated heterocycles. The van der Waals surface area contributed by atoms with Crippen LogP contribution in [0.25, 0.3) is 5.69 Å². The highest BCUT2D eigenvalue weighted by atomic mass is 35.5. The third-order valence-corrected chi connectivity index (χ3v) is 6.18. The van der Waals surface area contributed by atoms with E-state index in [1.54, 1.807) is 30.5 Å². The fraction of sp³-hybridized carbons (Fsp3) is 0.292. The van der Waals surface area contributed by atoms with Crippen molar-refractivity contribution in [3.05, 3.63) is 76.1 Å². The fourth-order valence-electron chi connectivity index (χ4n) is 4.05. The van der Waals surface area contributed by atoms with Gasteiger partial charge in [0.05, 0.1) is 23.1 Å². The molecule has 160 valence electrons. The van der Waals surface area contributed by atoms with E-state index >= 15 is 0 Å². The maximum Gasteiger partial charge on any atom is 0.259 e. The number of halogens is 1. The Bertz CT molecular complexity index is 1130. The van der Waals surface area contributed by atoms with Gasteiger partial charge in [-0.1, -0.05) is 29.8 Å². The third-order valence-electron chi connectivity index (χ3n) is 5.77. The predicted octanol–water partition coefficient (Wildman–Crippen LogP) is 4.76. The van der Waals surface area contributed by atoms with Crippen molar-refractivity contribution >= 4 is 29.0 Å². The van der Waals surface area contributed by atoms with Gasteiger partial charge in [0, 0.05) is 22.2 Å². The summed E-state index contributed by atoms with van der Waals surface area (Å²) in [6.45, 7) is 5.25. The maximum absolute atomic E-state index is 13.3. The topological polar surface area (TPSA) is 76.0 Å². The monoisotopic (exact) mass is 436 g/mol. The van der Waals surface area contributed by atoms with Crippen LogP contribution in [0.15, 0.2) is 48.7 Å². The van der Waals surface area contributed by atoms with E-state index in [2.05, 4.69) is 15.7 Å². The average molecular weight is 437 g/mol. The van der Waals surface area contributed by atoms with Crippen LogP contribution in [0.4, 0.5) is 5.69 Å². The minimum absolute atomic E-state index is 0.0456. The Balaban J connectivity index is 1.74. The minimum atomic E-state index is -0.236. The van der Waals surface area contributed by atoms with E-state index in [0.29, 0.717) is 21.8 Å². The number of nitrogens with one attached hydrogen (secondary N) is 2. The zero-order chi connectivity index (χ0) is 22.0. The summed E-state index contributed by atoms with van der Waals surface area (Å²) >= 11 is 6.36. The molecule has 6 nitrogen and oxygen atoms in total. The number of aromatic nitrogens is 2. The normalized spacial score (nSPS) is 14.4. The summed E-state index contributed by atoms with van der Waals surface area (Å²) in [6.07, 6.45) is 3.47. The number of hydrogen-bond acceptors (Lipinski definition) is 4. The standard InChI is InChI=1S/C24H25ClN4O2/c1-15-21(25)7-4-8-22(15)29-23(17-9-11-26-12-10-17)20(14-27-29)24(31)28-19-6-3-5-18(13-19)16(2)30/h3-8,13-14,17,26H,9-12H2,1-2H3,(H,28,31). The van der Waals surface area contributed by atoms with Crippen molar-refractivity contribution in [1.82, 2.24) is 15.1 Å². The van der Waals surface area contributed by atoms with Gasteiger partial charge in [-0.2, -0.15) is 5.10 Å². The second-order valence-corrected chi connectivity index (χ2v) is 8.26. The van der Waals surface area contributed by atoms with Crippen LogP contribution in [0, 0.1) is 6.92 Å². The van der Waals surface area contributed by atoms with Gasteiger partial charge in [-0.25, -0.2) is 4.68 Å². The van der Waals surface area contributed by atoms with E-state index in [9.17, 15) is 9.59 Å². The zero-order valence-corrected chi connectivity index (χ0v) is 18.4. The highest BCUT2D eigenvalue weighted by Crippen LogP contribution is 2.32. The summed E-state index contributed by atoms with van der Waals surface area (Å²) in [6, 6.07) is 12.7. The van der Waals surface area contributed by atoms with Crippen molar-refractivity contribution in [2.24, 2.45) is 0 Å². The first-order chi connectivity index (χ1) is 15.0. The van der Waals surface area contributed by atoms with Crippen LogP contribution >= 0.6 is 11.6 Å². The fourth-order valence-corrected chi connectivity index (χ4v) is 4.22. The van der Waals surface area contributed by atoms with Gasteiger partial charge < -0.3 is 10.6 Å². The molecule has 2 N–H and O–H groups in total. The largest absolute Gasteiger partial charge is 0.322 e. The molecule has 1 fully saturated rings. The molecule has 4 rings (SSSR count). The Hall–Kier alpha value is -2.96. The first-order valence-corrected chi connectivity index (χ1v) is 10.8. The Morgan fingerprint density at radius 2 is 1.90 bits per heavy atom. The van der Waals surface area contributed by atoms with Crippen molar-refractivity contribution in [2.45, 2.75) is 32.6 Å². The van der Waals surface area contributed by atoms with Crippen LogP contribution in [0.3, 0.4) is 0 Å². The van der Waals surface area contributed by atoms with Crippen molar-refractivity contribution in [1.29, 1.82) is 0 Å². The van der Waals surface area contributed by atoms with E-state index < -0.39 is 0 Å². The summed E-state index contributed by atoms with van der Waals surface area (Å²) in [5.74, 6) is -0.0812. The second kappa shape index (κ2) is 9.04. The molecule has 2 aromatic carbocycles. The Labute approximate surface area is 186 Å². The van der Waals surface area contributed by atoms with E-state index in [-0.39, 0.29) is 17.6 Å². The smallest absolute Gasteiger partial charge is 0.259 e. The summed E-state index contributed by atoms with van der Waals surface area (Å²) in [5.41, 5.74) is 4.37. The quantitative estimate of drug-likeness (QED) is 0.565. The molecule has 0 spiro atoms. The van der Waals surface area contributed by atoms with E-state index in [1.807, 2.05) is 29.8 Å². The number of Topliss-reactive ketones (excluding diaryl/α,β-unsaturated/α-hetero) is 1. The average Bonchev–Trinajstić information content (AvgIpc) is 3.21. The number of ketones is 1. The lowest BCUT2D eigenvalue weighted by Gasteiger charge is -2.25. The number of piperidine rings is 1. The highest BCUT2D eigenvalue weighted by Gasteiger charge is 2.27. The molecule has 1 aromatic heterocycles. The number of rotatable bonds is 5. The molecule has 0 saturated carbocycles. The van der Waals surface area contributed by atoms with Crippen LogP contribution in [0.1, 0.15) is 57.7 Å². The maximum atomic E-state index is 13.3. The molecule has 0 bridgehead atoms. The number of hydrogen-bond donors (Lipinski definition) is 2. The molecule has 0 aliphatic carbocycles. The first-order valence-electron chi connectivity index (χ1n) is 10.4. The molecule has 0 unspecified atom stereocenters. The number of nitrogens with zero attached hydrogens (tertiary/aromatic N) is 2. The SMILES string of the molecule is CC(=O)c1cccc(NC(=O)c2cnn(-c3cccc(Cl)c3C)c2C2CCNCC2)c1. The van der Waals surface area contributed by atoms with Crippen molar-refractivity contribution in [3.8, 4) is 5.69 Å². The van der Waals surface area contributed by atoms with Gasteiger partial charge in [0.1, 0.15) is 0 Å². The molecular weight excluding hydrogens is 412 g/mol. The van der Waals surface area contributed by atoms with Crippen LogP contribution in [0.5, 0.6) is 0 Å². The predicted molar refractivity (Wildman–Crippen MR) is 123 cm³/mol. The highest BCUT2D eigenvalue weighted by molar-refractivity contribution is 6.31. The third kappa shape index (κ3) is 4.40. The first kappa shape index (κ1) is 21.3.